The van der Waals surface area contributed by atoms with Gasteiger partial charge in [0.1, 0.15) is 5.82 Å². The maximum absolute atomic E-state index is 6.08. The highest BCUT2D eigenvalue weighted by Gasteiger charge is 2.07. The minimum atomic E-state index is 0.777. The van der Waals surface area contributed by atoms with E-state index in [1.807, 2.05) is 36.1 Å². The van der Waals surface area contributed by atoms with Crippen molar-refractivity contribution in [2.45, 2.75) is 19.9 Å². The van der Waals surface area contributed by atoms with Crippen LogP contribution in [0, 0.1) is 0 Å². The Morgan fingerprint density at radius 1 is 1.33 bits per heavy atom. The van der Waals surface area contributed by atoms with Gasteiger partial charge in [0.25, 0.3) is 0 Å². The van der Waals surface area contributed by atoms with Gasteiger partial charge in [0.15, 0.2) is 0 Å². The van der Waals surface area contributed by atoms with Crippen LogP contribution in [0.2, 0.25) is 5.02 Å². The minimum Gasteiger partial charge on any atom is -0.338 e. The predicted molar refractivity (Wildman–Crippen MR) is 74.8 cm³/mol. The Balaban J connectivity index is 2.24. The lowest BCUT2D eigenvalue weighted by Gasteiger charge is -2.10. The SMILES string of the molecule is CCNCc1ccc(Cl)cc1Cc1nccn1C. The van der Waals surface area contributed by atoms with Crippen molar-refractivity contribution < 1.29 is 0 Å². The molecule has 3 nitrogen and oxygen atoms in total. The fourth-order valence-corrected chi connectivity index (χ4v) is 2.12. The van der Waals surface area contributed by atoms with Gasteiger partial charge in [-0.3, -0.25) is 0 Å². The molecule has 0 fully saturated rings. The molecule has 0 unspecified atom stereocenters. The highest BCUT2D eigenvalue weighted by molar-refractivity contribution is 6.30. The lowest BCUT2D eigenvalue weighted by molar-refractivity contribution is 0.718. The van der Waals surface area contributed by atoms with Crippen molar-refractivity contribution in [2.75, 3.05) is 6.54 Å². The van der Waals surface area contributed by atoms with Gasteiger partial charge in [-0.25, -0.2) is 4.98 Å². The van der Waals surface area contributed by atoms with Crippen molar-refractivity contribution >= 4 is 11.6 Å². The first-order valence-electron chi connectivity index (χ1n) is 6.15. The van der Waals surface area contributed by atoms with E-state index < -0.39 is 0 Å². The molecule has 1 aromatic heterocycles. The van der Waals surface area contributed by atoms with E-state index in [-0.39, 0.29) is 0 Å². The lowest BCUT2D eigenvalue weighted by Crippen LogP contribution is -2.14. The number of hydrogen-bond donors (Lipinski definition) is 1. The summed E-state index contributed by atoms with van der Waals surface area (Å²) in [6.07, 6.45) is 4.60. The maximum atomic E-state index is 6.08. The van der Waals surface area contributed by atoms with Crippen LogP contribution < -0.4 is 5.32 Å². The van der Waals surface area contributed by atoms with Gasteiger partial charge in [-0.05, 0) is 29.8 Å². The quantitative estimate of drug-likeness (QED) is 0.899. The number of rotatable bonds is 5. The van der Waals surface area contributed by atoms with E-state index in [2.05, 4.69) is 23.3 Å². The van der Waals surface area contributed by atoms with Crippen molar-refractivity contribution in [3.63, 3.8) is 0 Å². The van der Waals surface area contributed by atoms with Crippen LogP contribution in [0.25, 0.3) is 0 Å². The number of hydrogen-bond acceptors (Lipinski definition) is 2. The van der Waals surface area contributed by atoms with Crippen LogP contribution in [0.4, 0.5) is 0 Å². The second kappa shape index (κ2) is 6.03. The summed E-state index contributed by atoms with van der Waals surface area (Å²) < 4.78 is 2.04. The zero-order valence-electron chi connectivity index (χ0n) is 10.8. The van der Waals surface area contributed by atoms with E-state index in [1.54, 1.807) is 0 Å². The molecule has 4 heteroatoms. The Morgan fingerprint density at radius 3 is 2.83 bits per heavy atom. The molecule has 1 heterocycles. The van der Waals surface area contributed by atoms with E-state index in [1.165, 1.54) is 11.1 Å². The van der Waals surface area contributed by atoms with Crippen molar-refractivity contribution in [1.82, 2.24) is 14.9 Å². The molecule has 0 amide bonds. The Morgan fingerprint density at radius 2 is 2.17 bits per heavy atom. The molecule has 0 bridgehead atoms. The van der Waals surface area contributed by atoms with Crippen LogP contribution in [-0.4, -0.2) is 16.1 Å². The number of nitrogens with one attached hydrogen (secondary N) is 1. The Kier molecular flexibility index (Phi) is 4.39. The highest BCUT2D eigenvalue weighted by Crippen LogP contribution is 2.19. The molecule has 18 heavy (non-hydrogen) atoms. The fraction of sp³-hybridized carbons (Fsp3) is 0.357. The largest absolute Gasteiger partial charge is 0.338 e. The van der Waals surface area contributed by atoms with Crippen LogP contribution in [0.5, 0.6) is 0 Å². The van der Waals surface area contributed by atoms with Crippen molar-refractivity contribution in [3.8, 4) is 0 Å². The molecule has 0 aliphatic carbocycles. The first kappa shape index (κ1) is 13.1. The Bertz CT molecular complexity index is 520. The average molecular weight is 264 g/mol. The van der Waals surface area contributed by atoms with Crippen molar-refractivity contribution in [2.24, 2.45) is 7.05 Å². The van der Waals surface area contributed by atoms with Gasteiger partial charge in [0, 0.05) is 37.4 Å². The van der Waals surface area contributed by atoms with Gasteiger partial charge >= 0.3 is 0 Å². The molecule has 0 aliphatic heterocycles. The molecule has 0 saturated carbocycles. The first-order chi connectivity index (χ1) is 8.70. The van der Waals surface area contributed by atoms with Crippen LogP contribution in [0.15, 0.2) is 30.6 Å². The predicted octanol–water partition coefficient (Wildman–Crippen LogP) is 2.77. The van der Waals surface area contributed by atoms with Crippen molar-refractivity contribution in [1.29, 1.82) is 0 Å². The number of nitrogens with zero attached hydrogens (tertiary/aromatic N) is 2. The van der Waals surface area contributed by atoms with Gasteiger partial charge in [-0.15, -0.1) is 0 Å². The molecule has 1 N–H and O–H groups in total. The summed E-state index contributed by atoms with van der Waals surface area (Å²) in [5.41, 5.74) is 2.52. The fourth-order valence-electron chi connectivity index (χ4n) is 1.93. The molecule has 96 valence electrons. The molecule has 1 aromatic carbocycles. The monoisotopic (exact) mass is 263 g/mol. The topological polar surface area (TPSA) is 29.9 Å². The molecule has 0 atom stereocenters. The van der Waals surface area contributed by atoms with E-state index in [0.29, 0.717) is 0 Å². The maximum Gasteiger partial charge on any atom is 0.112 e. The van der Waals surface area contributed by atoms with Gasteiger partial charge in [0.2, 0.25) is 0 Å². The zero-order chi connectivity index (χ0) is 13.0. The first-order valence-corrected chi connectivity index (χ1v) is 6.52. The van der Waals surface area contributed by atoms with Crippen molar-refractivity contribution in [3.05, 3.63) is 52.6 Å². The average Bonchev–Trinajstić information content (AvgIpc) is 2.74. The summed E-state index contributed by atoms with van der Waals surface area (Å²) >= 11 is 6.08. The number of halogens is 1. The van der Waals surface area contributed by atoms with Gasteiger partial charge in [-0.1, -0.05) is 24.6 Å². The third kappa shape index (κ3) is 3.12. The van der Waals surface area contributed by atoms with E-state index in [0.717, 1.165) is 30.4 Å². The third-order valence-electron chi connectivity index (χ3n) is 3.00. The smallest absolute Gasteiger partial charge is 0.112 e. The van der Waals surface area contributed by atoms with Crippen LogP contribution in [-0.2, 0) is 20.0 Å². The second-order valence-corrected chi connectivity index (χ2v) is 4.76. The van der Waals surface area contributed by atoms with E-state index >= 15 is 0 Å². The molecular formula is C14H18ClN3. The standard InChI is InChI=1S/C14H18ClN3/c1-3-16-10-11-4-5-13(15)8-12(11)9-14-17-6-7-18(14)2/h4-8,16H,3,9-10H2,1-2H3. The summed E-state index contributed by atoms with van der Waals surface area (Å²) in [6.45, 7) is 3.94. The summed E-state index contributed by atoms with van der Waals surface area (Å²) in [6, 6.07) is 6.06. The van der Waals surface area contributed by atoms with Crippen LogP contribution in [0.1, 0.15) is 23.9 Å². The molecular weight excluding hydrogens is 246 g/mol. The lowest BCUT2D eigenvalue weighted by atomic mass is 10.0. The van der Waals surface area contributed by atoms with Gasteiger partial charge in [0.05, 0.1) is 0 Å². The zero-order valence-corrected chi connectivity index (χ0v) is 11.5. The Labute approximate surface area is 113 Å². The molecule has 2 aromatic rings. The molecule has 0 radical (unpaired) electrons. The second-order valence-electron chi connectivity index (χ2n) is 4.32. The number of aromatic nitrogens is 2. The third-order valence-corrected chi connectivity index (χ3v) is 3.24. The normalized spacial score (nSPS) is 10.8. The van der Waals surface area contributed by atoms with Crippen LogP contribution in [0.3, 0.4) is 0 Å². The summed E-state index contributed by atoms with van der Waals surface area (Å²) in [5.74, 6) is 1.05. The summed E-state index contributed by atoms with van der Waals surface area (Å²) in [5, 5.41) is 4.13. The van der Waals surface area contributed by atoms with E-state index in [4.69, 9.17) is 11.6 Å². The van der Waals surface area contributed by atoms with Gasteiger partial charge < -0.3 is 9.88 Å². The molecule has 0 spiro atoms. The summed E-state index contributed by atoms with van der Waals surface area (Å²) in [7, 11) is 2.01. The minimum absolute atomic E-state index is 0.777. The number of aryl methyl sites for hydroxylation is 1. The molecule has 0 aliphatic rings. The molecule has 2 rings (SSSR count). The highest BCUT2D eigenvalue weighted by atomic mass is 35.5. The van der Waals surface area contributed by atoms with Crippen LogP contribution >= 0.6 is 11.6 Å². The number of benzene rings is 1. The Hall–Kier alpha value is -1.32. The molecule has 0 saturated heterocycles. The number of imidazole rings is 1. The van der Waals surface area contributed by atoms with Gasteiger partial charge in [-0.2, -0.15) is 0 Å². The van der Waals surface area contributed by atoms with E-state index in [9.17, 15) is 0 Å². The summed E-state index contributed by atoms with van der Waals surface area (Å²) in [4.78, 5) is 4.36.